The van der Waals surface area contributed by atoms with Crippen LogP contribution in [0.4, 0.5) is 4.39 Å². The molecule has 3 aliphatic heterocycles. The lowest BCUT2D eigenvalue weighted by Gasteiger charge is -2.47. The Balaban J connectivity index is 1.59. The fourth-order valence-corrected chi connectivity index (χ4v) is 3.15. The third kappa shape index (κ3) is 2.80. The minimum Gasteiger partial charge on any atom is -0.350 e. The van der Waals surface area contributed by atoms with Crippen molar-refractivity contribution < 1.29 is 9.18 Å². The van der Waals surface area contributed by atoms with Crippen LogP contribution in [0.15, 0.2) is 18.2 Å². The number of hydrogen-bond acceptors (Lipinski definition) is 3. The van der Waals surface area contributed by atoms with Crippen LogP contribution in [0.2, 0.25) is 5.02 Å². The van der Waals surface area contributed by atoms with Crippen LogP contribution in [0.3, 0.4) is 0 Å². The Kier molecular flexibility index (Phi) is 3.92. The summed E-state index contributed by atoms with van der Waals surface area (Å²) in [5, 5.41) is 3.05. The monoisotopic (exact) mass is 297 g/mol. The van der Waals surface area contributed by atoms with E-state index >= 15 is 0 Å². The molecular weight excluding hydrogens is 281 g/mol. The summed E-state index contributed by atoms with van der Waals surface area (Å²) in [5.41, 5.74) is 0.323. The first kappa shape index (κ1) is 13.8. The maximum absolute atomic E-state index is 13.0. The van der Waals surface area contributed by atoms with Crippen LogP contribution >= 0.6 is 11.6 Å². The summed E-state index contributed by atoms with van der Waals surface area (Å²) in [4.78, 5) is 16.9. The Bertz CT molecular complexity index is 517. The van der Waals surface area contributed by atoms with Gasteiger partial charge in [0.2, 0.25) is 0 Å². The van der Waals surface area contributed by atoms with Crippen molar-refractivity contribution in [3.05, 3.63) is 34.6 Å². The molecule has 0 radical (unpaired) electrons. The second-order valence-electron chi connectivity index (χ2n) is 5.32. The van der Waals surface area contributed by atoms with Gasteiger partial charge in [-0.2, -0.15) is 0 Å². The molecule has 6 heteroatoms. The number of fused-ring (bicyclic) bond motifs is 3. The van der Waals surface area contributed by atoms with Crippen molar-refractivity contribution in [1.29, 1.82) is 0 Å². The van der Waals surface area contributed by atoms with Crippen molar-refractivity contribution in [2.24, 2.45) is 0 Å². The minimum atomic E-state index is -0.435. The van der Waals surface area contributed by atoms with Gasteiger partial charge in [0.15, 0.2) is 0 Å². The molecule has 3 fully saturated rings. The third-order valence-corrected chi connectivity index (χ3v) is 4.38. The summed E-state index contributed by atoms with van der Waals surface area (Å²) in [6.45, 7) is 5.97. The molecule has 20 heavy (non-hydrogen) atoms. The highest BCUT2D eigenvalue weighted by molar-refractivity contribution is 6.33. The van der Waals surface area contributed by atoms with E-state index in [1.165, 1.54) is 12.1 Å². The maximum Gasteiger partial charge on any atom is 0.252 e. The van der Waals surface area contributed by atoms with Crippen LogP contribution in [-0.2, 0) is 0 Å². The van der Waals surface area contributed by atoms with Crippen LogP contribution in [0, 0.1) is 5.82 Å². The highest BCUT2D eigenvalue weighted by Gasteiger charge is 2.31. The average molecular weight is 298 g/mol. The molecule has 4 nitrogen and oxygen atoms in total. The maximum atomic E-state index is 13.0. The van der Waals surface area contributed by atoms with E-state index in [2.05, 4.69) is 15.1 Å². The molecule has 0 spiro atoms. The first-order chi connectivity index (χ1) is 9.63. The molecule has 1 amide bonds. The van der Waals surface area contributed by atoms with Crippen molar-refractivity contribution in [2.75, 3.05) is 39.3 Å². The number of amides is 1. The van der Waals surface area contributed by atoms with Crippen LogP contribution in [0.5, 0.6) is 0 Å². The Morgan fingerprint density at radius 1 is 1.35 bits per heavy atom. The van der Waals surface area contributed by atoms with Crippen LogP contribution < -0.4 is 5.32 Å². The number of piperazine rings is 3. The van der Waals surface area contributed by atoms with Crippen molar-refractivity contribution in [2.45, 2.75) is 6.04 Å². The van der Waals surface area contributed by atoms with Gasteiger partial charge in [-0.3, -0.25) is 14.6 Å². The summed E-state index contributed by atoms with van der Waals surface area (Å²) in [6, 6.07) is 4.19. The molecular formula is C14H17ClFN3O. The number of nitrogens with zero attached hydrogens (tertiary/aromatic N) is 2. The third-order valence-electron chi connectivity index (χ3n) is 4.07. The van der Waals surface area contributed by atoms with E-state index in [0.717, 1.165) is 38.8 Å². The average Bonchev–Trinajstić information content (AvgIpc) is 2.46. The Hall–Kier alpha value is -1.17. The smallest absolute Gasteiger partial charge is 0.252 e. The quantitative estimate of drug-likeness (QED) is 0.911. The predicted octanol–water partition coefficient (Wildman–Crippen LogP) is 1.21. The number of hydrogen-bond donors (Lipinski definition) is 1. The van der Waals surface area contributed by atoms with Gasteiger partial charge in [-0.1, -0.05) is 11.6 Å². The standard InChI is InChI=1S/C14H17ClFN3O/c15-13-7-10(16)1-2-12(13)14(20)17-8-11-9-18-3-5-19(11)6-4-18/h1-2,7,11H,3-6,8-9H2,(H,17,20). The number of nitrogens with one attached hydrogen (secondary N) is 1. The molecule has 1 atom stereocenters. The Labute approximate surface area is 122 Å². The van der Waals surface area contributed by atoms with Crippen molar-refractivity contribution in [3.8, 4) is 0 Å². The van der Waals surface area contributed by atoms with Gasteiger partial charge in [-0.25, -0.2) is 4.39 Å². The molecule has 1 N–H and O–H groups in total. The summed E-state index contributed by atoms with van der Waals surface area (Å²) >= 11 is 5.89. The Morgan fingerprint density at radius 2 is 2.10 bits per heavy atom. The van der Waals surface area contributed by atoms with E-state index in [0.29, 0.717) is 18.2 Å². The fraction of sp³-hybridized carbons (Fsp3) is 0.500. The van der Waals surface area contributed by atoms with Crippen LogP contribution in [-0.4, -0.2) is 61.0 Å². The largest absolute Gasteiger partial charge is 0.350 e. The van der Waals surface area contributed by atoms with Gasteiger partial charge in [0.1, 0.15) is 5.82 Å². The van der Waals surface area contributed by atoms with E-state index in [1.807, 2.05) is 0 Å². The molecule has 3 aliphatic rings. The topological polar surface area (TPSA) is 35.6 Å². The number of benzene rings is 1. The molecule has 0 aliphatic carbocycles. The number of halogens is 2. The molecule has 2 bridgehead atoms. The highest BCUT2D eigenvalue weighted by atomic mass is 35.5. The van der Waals surface area contributed by atoms with Gasteiger partial charge in [-0.05, 0) is 18.2 Å². The molecule has 3 saturated heterocycles. The molecule has 0 aromatic heterocycles. The number of carbonyl (C=O) groups excluding carboxylic acids is 1. The lowest BCUT2D eigenvalue weighted by Crippen LogP contribution is -2.63. The van der Waals surface area contributed by atoms with Crippen LogP contribution in [0.1, 0.15) is 10.4 Å². The van der Waals surface area contributed by atoms with E-state index < -0.39 is 5.82 Å². The number of rotatable bonds is 3. The van der Waals surface area contributed by atoms with Gasteiger partial charge in [0.25, 0.3) is 5.91 Å². The molecule has 1 aromatic carbocycles. The van der Waals surface area contributed by atoms with Crippen molar-refractivity contribution >= 4 is 17.5 Å². The molecule has 108 valence electrons. The fourth-order valence-electron chi connectivity index (χ4n) is 2.90. The van der Waals surface area contributed by atoms with Gasteiger partial charge >= 0.3 is 0 Å². The van der Waals surface area contributed by atoms with E-state index in [9.17, 15) is 9.18 Å². The van der Waals surface area contributed by atoms with Gasteiger partial charge in [-0.15, -0.1) is 0 Å². The summed E-state index contributed by atoms with van der Waals surface area (Å²) in [6.07, 6.45) is 0. The minimum absolute atomic E-state index is 0.150. The molecule has 4 rings (SSSR count). The zero-order valence-corrected chi connectivity index (χ0v) is 11.9. The molecule has 1 aromatic rings. The van der Waals surface area contributed by atoms with E-state index in [-0.39, 0.29) is 10.9 Å². The first-order valence-electron chi connectivity index (χ1n) is 6.83. The lowest BCUT2D eigenvalue weighted by molar-refractivity contribution is 0.0138. The van der Waals surface area contributed by atoms with Crippen molar-refractivity contribution in [1.82, 2.24) is 15.1 Å². The normalized spacial score (nSPS) is 28.4. The Morgan fingerprint density at radius 3 is 2.70 bits per heavy atom. The second kappa shape index (κ2) is 5.68. The SMILES string of the molecule is O=C(NCC1CN2CCN1CC2)c1ccc(F)cc1Cl. The summed E-state index contributed by atoms with van der Waals surface area (Å²) in [5.74, 6) is -0.678. The van der Waals surface area contributed by atoms with Gasteiger partial charge in [0.05, 0.1) is 10.6 Å². The summed E-state index contributed by atoms with van der Waals surface area (Å²) in [7, 11) is 0. The van der Waals surface area contributed by atoms with Crippen LogP contribution in [0.25, 0.3) is 0 Å². The predicted molar refractivity (Wildman–Crippen MR) is 75.5 cm³/mol. The first-order valence-corrected chi connectivity index (χ1v) is 7.21. The second-order valence-corrected chi connectivity index (χ2v) is 5.73. The van der Waals surface area contributed by atoms with E-state index in [1.54, 1.807) is 0 Å². The molecule has 3 heterocycles. The molecule has 0 saturated carbocycles. The lowest BCUT2D eigenvalue weighted by atomic mass is 10.1. The van der Waals surface area contributed by atoms with Gasteiger partial charge in [0, 0.05) is 45.3 Å². The van der Waals surface area contributed by atoms with Gasteiger partial charge < -0.3 is 5.32 Å². The zero-order valence-electron chi connectivity index (χ0n) is 11.1. The molecule has 1 unspecified atom stereocenters. The summed E-state index contributed by atoms with van der Waals surface area (Å²) < 4.78 is 13.0. The van der Waals surface area contributed by atoms with E-state index in [4.69, 9.17) is 11.6 Å². The highest BCUT2D eigenvalue weighted by Crippen LogP contribution is 2.18. The van der Waals surface area contributed by atoms with Crippen molar-refractivity contribution in [3.63, 3.8) is 0 Å². The zero-order chi connectivity index (χ0) is 14.1. The number of carbonyl (C=O) groups is 1.